The first-order chi connectivity index (χ1) is 16.2. The van der Waals surface area contributed by atoms with Crippen LogP contribution in [-0.2, 0) is 30.1 Å². The van der Waals surface area contributed by atoms with Crippen molar-refractivity contribution in [1.29, 1.82) is 0 Å². The number of aromatic nitrogens is 3. The third-order valence-corrected chi connectivity index (χ3v) is 7.14. The van der Waals surface area contributed by atoms with Crippen LogP contribution in [0.3, 0.4) is 0 Å². The lowest BCUT2D eigenvalue weighted by Gasteiger charge is -2.19. The molecule has 2 aliphatic heterocycles. The molecule has 8 heteroatoms. The number of benzene rings is 2. The molecule has 0 bridgehead atoms. The molecule has 33 heavy (non-hydrogen) atoms. The monoisotopic (exact) mass is 466 g/mol. The molecule has 0 N–H and O–H groups in total. The van der Waals surface area contributed by atoms with E-state index in [4.69, 9.17) is 14.2 Å². The third kappa shape index (κ3) is 5.34. The van der Waals surface area contributed by atoms with E-state index in [9.17, 15) is 0 Å². The number of hydrogen-bond acceptors (Lipinski definition) is 7. The quantitative estimate of drug-likeness (QED) is 0.433. The van der Waals surface area contributed by atoms with Crippen LogP contribution in [0.2, 0.25) is 0 Å². The fraction of sp³-hybridized carbons (Fsp3) is 0.440. The van der Waals surface area contributed by atoms with E-state index in [-0.39, 0.29) is 6.10 Å². The maximum atomic E-state index is 5.94. The number of nitrogens with zero attached hydrogens (tertiary/aromatic N) is 4. The summed E-state index contributed by atoms with van der Waals surface area (Å²) in [5.41, 5.74) is 3.82. The normalized spacial score (nSPS) is 17.2. The van der Waals surface area contributed by atoms with Crippen LogP contribution in [0.5, 0.6) is 11.5 Å². The summed E-state index contributed by atoms with van der Waals surface area (Å²) in [7, 11) is 2.11. The minimum atomic E-state index is 0.233. The Hall–Kier alpha value is -2.55. The number of hydrogen-bond donors (Lipinski definition) is 0. The van der Waals surface area contributed by atoms with Crippen LogP contribution in [0, 0.1) is 6.92 Å². The van der Waals surface area contributed by atoms with Gasteiger partial charge in [-0.25, -0.2) is 0 Å². The predicted octanol–water partition coefficient (Wildman–Crippen LogP) is 4.42. The van der Waals surface area contributed by atoms with Gasteiger partial charge in [-0.2, -0.15) is 0 Å². The van der Waals surface area contributed by atoms with E-state index in [1.807, 2.05) is 6.07 Å². The van der Waals surface area contributed by atoms with Crippen LogP contribution < -0.4 is 9.47 Å². The van der Waals surface area contributed by atoms with Crippen LogP contribution in [0.25, 0.3) is 0 Å². The Morgan fingerprint density at radius 2 is 1.97 bits per heavy atom. The zero-order valence-corrected chi connectivity index (χ0v) is 20.0. The van der Waals surface area contributed by atoms with Gasteiger partial charge in [0.25, 0.3) is 0 Å². The Kier molecular flexibility index (Phi) is 6.85. The maximum Gasteiger partial charge on any atom is 0.231 e. The molecule has 1 saturated heterocycles. The summed E-state index contributed by atoms with van der Waals surface area (Å²) >= 11 is 1.75. The predicted molar refractivity (Wildman–Crippen MR) is 127 cm³/mol. The summed E-state index contributed by atoms with van der Waals surface area (Å²) in [6, 6.07) is 14.6. The van der Waals surface area contributed by atoms with E-state index in [0.717, 1.165) is 60.8 Å². The third-order valence-electron chi connectivity index (χ3n) is 6.12. The smallest absolute Gasteiger partial charge is 0.231 e. The van der Waals surface area contributed by atoms with Crippen molar-refractivity contribution in [2.45, 2.75) is 56.4 Å². The second-order valence-corrected chi connectivity index (χ2v) is 9.66. The average molecular weight is 467 g/mol. The number of ether oxygens (including phenoxy) is 3. The lowest BCUT2D eigenvalue weighted by atomic mass is 10.1. The molecule has 7 nitrogen and oxygen atoms in total. The summed E-state index contributed by atoms with van der Waals surface area (Å²) in [4.78, 5) is 2.25. The highest BCUT2D eigenvalue weighted by Crippen LogP contribution is 2.33. The topological polar surface area (TPSA) is 61.6 Å². The van der Waals surface area contributed by atoms with Gasteiger partial charge in [-0.1, -0.05) is 42.1 Å². The molecule has 1 fully saturated rings. The molecular weight excluding hydrogens is 436 g/mol. The molecular formula is C25H30N4O3S. The zero-order chi connectivity index (χ0) is 22.6. The molecule has 3 heterocycles. The molecule has 0 radical (unpaired) electrons. The summed E-state index contributed by atoms with van der Waals surface area (Å²) in [6.45, 7) is 5.59. The van der Waals surface area contributed by atoms with Gasteiger partial charge >= 0.3 is 0 Å². The molecule has 174 valence electrons. The van der Waals surface area contributed by atoms with Gasteiger partial charge in [0.15, 0.2) is 16.7 Å². The van der Waals surface area contributed by atoms with Gasteiger partial charge in [0.05, 0.1) is 19.2 Å². The summed E-state index contributed by atoms with van der Waals surface area (Å²) in [5.74, 6) is 3.48. The second kappa shape index (κ2) is 10.2. The number of aryl methyl sites for hydroxylation is 1. The van der Waals surface area contributed by atoms with Gasteiger partial charge in [-0.15, -0.1) is 10.2 Å². The highest BCUT2D eigenvalue weighted by Gasteiger charge is 2.22. The Balaban J connectivity index is 1.29. The van der Waals surface area contributed by atoms with Crippen LogP contribution >= 0.6 is 11.8 Å². The van der Waals surface area contributed by atoms with Gasteiger partial charge in [-0.05, 0) is 55.6 Å². The van der Waals surface area contributed by atoms with Crippen LogP contribution in [0.1, 0.15) is 35.4 Å². The lowest BCUT2D eigenvalue weighted by Crippen LogP contribution is -2.23. The summed E-state index contributed by atoms with van der Waals surface area (Å²) < 4.78 is 19.1. The number of rotatable bonds is 9. The van der Waals surface area contributed by atoms with E-state index in [1.54, 1.807) is 11.8 Å². The van der Waals surface area contributed by atoms with Crippen LogP contribution in [0.4, 0.5) is 0 Å². The summed E-state index contributed by atoms with van der Waals surface area (Å²) in [6.07, 6.45) is 2.45. The van der Waals surface area contributed by atoms with Gasteiger partial charge in [0, 0.05) is 18.9 Å². The molecule has 3 aromatic rings. The Morgan fingerprint density at radius 3 is 2.82 bits per heavy atom. The van der Waals surface area contributed by atoms with E-state index in [2.05, 4.69) is 70.0 Å². The number of thioether (sulfide) groups is 1. The molecule has 2 aliphatic rings. The molecule has 5 rings (SSSR count). The van der Waals surface area contributed by atoms with Crippen LogP contribution in [0.15, 0.2) is 47.6 Å². The van der Waals surface area contributed by atoms with Gasteiger partial charge in [-0.3, -0.25) is 4.90 Å². The Labute approximate surface area is 199 Å². The van der Waals surface area contributed by atoms with Crippen molar-refractivity contribution in [3.63, 3.8) is 0 Å². The minimum Gasteiger partial charge on any atom is -0.454 e. The van der Waals surface area contributed by atoms with Crippen LogP contribution in [-0.4, -0.2) is 46.2 Å². The minimum absolute atomic E-state index is 0.233. The zero-order valence-electron chi connectivity index (χ0n) is 19.2. The number of fused-ring (bicyclic) bond motifs is 1. The second-order valence-electron chi connectivity index (χ2n) is 8.72. The largest absolute Gasteiger partial charge is 0.454 e. The van der Waals surface area contributed by atoms with Gasteiger partial charge < -0.3 is 18.8 Å². The fourth-order valence-electron chi connectivity index (χ4n) is 4.28. The first-order valence-electron chi connectivity index (χ1n) is 11.4. The fourth-order valence-corrected chi connectivity index (χ4v) is 5.32. The van der Waals surface area contributed by atoms with Crippen molar-refractivity contribution >= 4 is 11.8 Å². The maximum absolute atomic E-state index is 5.94. The van der Waals surface area contributed by atoms with E-state index >= 15 is 0 Å². The highest BCUT2D eigenvalue weighted by atomic mass is 32.2. The van der Waals surface area contributed by atoms with Gasteiger partial charge in [0.2, 0.25) is 6.79 Å². The van der Waals surface area contributed by atoms with Crippen molar-refractivity contribution in [2.75, 3.05) is 20.4 Å². The van der Waals surface area contributed by atoms with Crippen molar-refractivity contribution in [1.82, 2.24) is 19.7 Å². The molecule has 0 aliphatic carbocycles. The molecule has 1 aromatic heterocycles. The SMILES string of the molecule is Cc1ccccc1CSc1nnc(CN(C)Cc2ccc3c(c2)OCO3)n1C[C@@H]1CCCO1. The average Bonchev–Trinajstić information content (AvgIpc) is 3.56. The van der Waals surface area contributed by atoms with E-state index < -0.39 is 0 Å². The summed E-state index contributed by atoms with van der Waals surface area (Å²) in [5, 5.41) is 10.1. The van der Waals surface area contributed by atoms with Gasteiger partial charge in [0.1, 0.15) is 5.82 Å². The van der Waals surface area contributed by atoms with Crippen molar-refractivity contribution < 1.29 is 14.2 Å². The van der Waals surface area contributed by atoms with Crippen molar-refractivity contribution in [3.8, 4) is 11.5 Å². The molecule has 1 atom stereocenters. The van der Waals surface area contributed by atoms with E-state index in [1.165, 1.54) is 16.7 Å². The first kappa shape index (κ1) is 22.3. The highest BCUT2D eigenvalue weighted by molar-refractivity contribution is 7.98. The molecule has 2 aromatic carbocycles. The molecule has 0 spiro atoms. The molecule has 0 unspecified atom stereocenters. The van der Waals surface area contributed by atoms with Crippen molar-refractivity contribution in [2.24, 2.45) is 0 Å². The Morgan fingerprint density at radius 1 is 1.09 bits per heavy atom. The Bertz CT molecular complexity index is 1100. The van der Waals surface area contributed by atoms with E-state index in [0.29, 0.717) is 13.3 Å². The van der Waals surface area contributed by atoms with Crippen molar-refractivity contribution in [3.05, 3.63) is 65.0 Å². The molecule has 0 amide bonds. The lowest BCUT2D eigenvalue weighted by molar-refractivity contribution is 0.0934. The first-order valence-corrected chi connectivity index (χ1v) is 12.4. The molecule has 0 saturated carbocycles. The standard InChI is InChI=1S/C25H30N4O3S/c1-18-6-3-4-7-20(18)16-33-25-27-26-24(29(25)14-21-8-5-11-30-21)15-28(2)13-19-9-10-22-23(12-19)32-17-31-22/h3-4,6-7,9-10,12,21H,5,8,11,13-17H2,1-2H3/t21-/m0/s1.